The van der Waals surface area contributed by atoms with E-state index in [2.05, 4.69) is 43.1 Å². The molecule has 0 fully saturated rings. The van der Waals surface area contributed by atoms with Gasteiger partial charge in [0, 0.05) is 23.6 Å². The van der Waals surface area contributed by atoms with E-state index in [4.69, 9.17) is 0 Å². The summed E-state index contributed by atoms with van der Waals surface area (Å²) in [6.07, 6.45) is 1.59. The molecule has 0 amide bonds. The third-order valence-electron chi connectivity index (χ3n) is 2.18. The second-order valence-corrected chi connectivity index (χ2v) is 6.85. The normalized spacial score (nSPS) is 14.1. The van der Waals surface area contributed by atoms with Crippen molar-refractivity contribution < 1.29 is 0 Å². The summed E-state index contributed by atoms with van der Waals surface area (Å²) >= 11 is 1.98. The molecule has 1 N–H and O–H groups in total. The number of rotatable bonds is 5. The second-order valence-electron chi connectivity index (χ2n) is 5.01. The van der Waals surface area contributed by atoms with E-state index < -0.39 is 0 Å². The number of thioether (sulfide) groups is 1. The van der Waals surface area contributed by atoms with Crippen LogP contribution in [0.1, 0.15) is 33.5 Å². The van der Waals surface area contributed by atoms with E-state index in [1.807, 2.05) is 18.8 Å². The van der Waals surface area contributed by atoms with Gasteiger partial charge in [-0.05, 0) is 6.92 Å². The summed E-state index contributed by atoms with van der Waals surface area (Å²) in [4.78, 5) is 4.18. The van der Waals surface area contributed by atoms with E-state index in [9.17, 15) is 0 Å². The van der Waals surface area contributed by atoms with Crippen LogP contribution in [0.2, 0.25) is 0 Å². The van der Waals surface area contributed by atoms with Crippen LogP contribution in [-0.2, 0) is 13.6 Å². The summed E-state index contributed by atoms with van der Waals surface area (Å²) in [6, 6.07) is 0.487. The van der Waals surface area contributed by atoms with Gasteiger partial charge in [-0.1, -0.05) is 20.8 Å². The van der Waals surface area contributed by atoms with Crippen LogP contribution in [0.25, 0.3) is 0 Å². The monoisotopic (exact) mass is 242 g/mol. The van der Waals surface area contributed by atoms with Crippen molar-refractivity contribution in [2.75, 3.05) is 5.75 Å². The van der Waals surface area contributed by atoms with Crippen LogP contribution in [-0.4, -0.2) is 31.3 Å². The predicted molar refractivity (Wildman–Crippen MR) is 69.5 cm³/mol. The van der Waals surface area contributed by atoms with Crippen LogP contribution in [0.3, 0.4) is 0 Å². The average molecular weight is 242 g/mol. The smallest absolute Gasteiger partial charge is 0.140 e. The molecule has 1 rings (SSSR count). The zero-order chi connectivity index (χ0) is 12.2. The van der Waals surface area contributed by atoms with Gasteiger partial charge >= 0.3 is 0 Å². The first-order valence-electron chi connectivity index (χ1n) is 5.59. The Morgan fingerprint density at radius 2 is 2.19 bits per heavy atom. The second kappa shape index (κ2) is 5.68. The highest BCUT2D eigenvalue weighted by atomic mass is 32.2. The number of aryl methyl sites for hydroxylation is 1. The number of nitrogens with zero attached hydrogens (tertiary/aromatic N) is 3. The SMILES string of the molecule is CC(CSC(C)(C)C)NCc1ncnn1C. The van der Waals surface area contributed by atoms with Crippen molar-refractivity contribution in [3.05, 3.63) is 12.2 Å². The van der Waals surface area contributed by atoms with Gasteiger partial charge in [0.2, 0.25) is 0 Å². The van der Waals surface area contributed by atoms with Gasteiger partial charge in [0.25, 0.3) is 0 Å². The summed E-state index contributed by atoms with van der Waals surface area (Å²) < 4.78 is 2.14. The highest BCUT2D eigenvalue weighted by Crippen LogP contribution is 2.23. The minimum absolute atomic E-state index is 0.334. The summed E-state index contributed by atoms with van der Waals surface area (Å²) in [5, 5.41) is 7.49. The van der Waals surface area contributed by atoms with Gasteiger partial charge in [-0.3, -0.25) is 4.68 Å². The molecule has 0 saturated heterocycles. The first kappa shape index (κ1) is 13.5. The summed E-state index contributed by atoms with van der Waals surface area (Å²) in [7, 11) is 1.92. The first-order valence-corrected chi connectivity index (χ1v) is 6.57. The molecule has 16 heavy (non-hydrogen) atoms. The Kier molecular flexibility index (Phi) is 4.80. The molecule has 5 heteroatoms. The fourth-order valence-corrected chi connectivity index (χ4v) is 2.05. The third-order valence-corrected chi connectivity index (χ3v) is 3.71. The Bertz CT molecular complexity index is 316. The highest BCUT2D eigenvalue weighted by molar-refractivity contribution is 8.00. The van der Waals surface area contributed by atoms with Crippen molar-refractivity contribution in [3.8, 4) is 0 Å². The van der Waals surface area contributed by atoms with Crippen molar-refractivity contribution in [1.82, 2.24) is 20.1 Å². The van der Waals surface area contributed by atoms with Crippen LogP contribution < -0.4 is 5.32 Å². The van der Waals surface area contributed by atoms with E-state index in [-0.39, 0.29) is 0 Å². The average Bonchev–Trinajstić information content (AvgIpc) is 2.57. The number of nitrogens with one attached hydrogen (secondary N) is 1. The van der Waals surface area contributed by atoms with Gasteiger partial charge in [0.1, 0.15) is 12.2 Å². The topological polar surface area (TPSA) is 42.7 Å². The van der Waals surface area contributed by atoms with Crippen LogP contribution in [0.5, 0.6) is 0 Å². The molecule has 0 spiro atoms. The van der Waals surface area contributed by atoms with Crippen molar-refractivity contribution in [1.29, 1.82) is 0 Å². The summed E-state index contributed by atoms with van der Waals surface area (Å²) in [5.41, 5.74) is 0. The van der Waals surface area contributed by atoms with E-state index in [0.29, 0.717) is 10.8 Å². The van der Waals surface area contributed by atoms with Crippen LogP contribution in [0.4, 0.5) is 0 Å². The lowest BCUT2D eigenvalue weighted by Gasteiger charge is -2.21. The molecule has 1 aromatic heterocycles. The number of hydrogen-bond donors (Lipinski definition) is 1. The zero-order valence-electron chi connectivity index (χ0n) is 10.8. The van der Waals surface area contributed by atoms with Crippen molar-refractivity contribution in [3.63, 3.8) is 0 Å². The molecule has 0 aliphatic rings. The van der Waals surface area contributed by atoms with Gasteiger partial charge in [-0.2, -0.15) is 16.9 Å². The molecule has 1 aromatic rings. The van der Waals surface area contributed by atoms with E-state index in [1.165, 1.54) is 0 Å². The molecule has 0 saturated carbocycles. The lowest BCUT2D eigenvalue weighted by molar-refractivity contribution is 0.555. The summed E-state index contributed by atoms with van der Waals surface area (Å²) in [6.45, 7) is 9.71. The quantitative estimate of drug-likeness (QED) is 0.855. The molecule has 92 valence electrons. The molecule has 1 unspecified atom stereocenters. The first-order chi connectivity index (χ1) is 7.38. The Balaban J connectivity index is 2.25. The number of aromatic nitrogens is 3. The Morgan fingerprint density at radius 1 is 1.50 bits per heavy atom. The molecule has 0 aliphatic heterocycles. The number of hydrogen-bond acceptors (Lipinski definition) is 4. The zero-order valence-corrected chi connectivity index (χ0v) is 11.6. The van der Waals surface area contributed by atoms with E-state index in [0.717, 1.165) is 18.1 Å². The lowest BCUT2D eigenvalue weighted by atomic mass is 10.3. The van der Waals surface area contributed by atoms with E-state index >= 15 is 0 Å². The van der Waals surface area contributed by atoms with Gasteiger partial charge in [-0.25, -0.2) is 4.98 Å². The van der Waals surface area contributed by atoms with Crippen molar-refractivity contribution >= 4 is 11.8 Å². The highest BCUT2D eigenvalue weighted by Gasteiger charge is 2.13. The van der Waals surface area contributed by atoms with Crippen LogP contribution in [0, 0.1) is 0 Å². The van der Waals surface area contributed by atoms with Gasteiger partial charge in [-0.15, -0.1) is 0 Å². The van der Waals surface area contributed by atoms with Crippen molar-refractivity contribution in [2.45, 2.75) is 45.0 Å². The Labute approximate surface area is 102 Å². The molecular formula is C11H22N4S. The molecule has 1 heterocycles. The Hall–Kier alpha value is -0.550. The van der Waals surface area contributed by atoms with Gasteiger partial charge < -0.3 is 5.32 Å². The standard InChI is InChI=1S/C11H22N4S/c1-9(7-16-11(2,3)4)12-6-10-13-8-14-15(10)5/h8-9,12H,6-7H2,1-5H3. The van der Waals surface area contributed by atoms with E-state index in [1.54, 1.807) is 11.0 Å². The predicted octanol–water partition coefficient (Wildman–Crippen LogP) is 1.82. The lowest BCUT2D eigenvalue weighted by Crippen LogP contribution is -2.30. The third kappa shape index (κ3) is 4.99. The molecule has 0 aromatic carbocycles. The van der Waals surface area contributed by atoms with Crippen LogP contribution >= 0.6 is 11.8 Å². The minimum Gasteiger partial charge on any atom is -0.307 e. The van der Waals surface area contributed by atoms with Gasteiger partial charge in [0.15, 0.2) is 0 Å². The van der Waals surface area contributed by atoms with Crippen LogP contribution in [0.15, 0.2) is 6.33 Å². The Morgan fingerprint density at radius 3 is 2.69 bits per heavy atom. The largest absolute Gasteiger partial charge is 0.307 e. The fourth-order valence-electron chi connectivity index (χ4n) is 1.18. The fraction of sp³-hybridized carbons (Fsp3) is 0.818. The molecule has 0 aliphatic carbocycles. The molecule has 0 bridgehead atoms. The minimum atomic E-state index is 0.334. The maximum Gasteiger partial charge on any atom is 0.140 e. The molecule has 0 radical (unpaired) electrons. The summed E-state index contributed by atoms with van der Waals surface area (Å²) in [5.74, 6) is 2.09. The van der Waals surface area contributed by atoms with Gasteiger partial charge in [0.05, 0.1) is 6.54 Å². The molecular weight excluding hydrogens is 220 g/mol. The molecule has 4 nitrogen and oxygen atoms in total. The van der Waals surface area contributed by atoms with Crippen molar-refractivity contribution in [2.24, 2.45) is 7.05 Å². The molecule has 1 atom stereocenters. The maximum absolute atomic E-state index is 4.18. The maximum atomic E-state index is 4.18.